The maximum atomic E-state index is 14.4. The Kier molecular flexibility index (Phi) is 9.51. The van der Waals surface area contributed by atoms with E-state index in [1.165, 1.54) is 0 Å². The molecule has 0 aromatic heterocycles. The van der Waals surface area contributed by atoms with Crippen molar-refractivity contribution in [2.24, 2.45) is 11.8 Å². The molecule has 0 aromatic rings. The van der Waals surface area contributed by atoms with Gasteiger partial charge in [0.25, 0.3) is 0 Å². The fraction of sp³-hybridized carbons (Fsp3) is 0.767. The first-order chi connectivity index (χ1) is 17.9. The summed E-state index contributed by atoms with van der Waals surface area (Å²) < 4.78 is 6.79. The van der Waals surface area contributed by atoms with Crippen LogP contribution in [0.5, 0.6) is 0 Å². The number of aliphatic hydroxyl groups is 1. The molecule has 1 N–H and O–H groups in total. The number of amides is 3. The highest BCUT2D eigenvalue weighted by Gasteiger charge is 2.78. The second-order valence-corrected chi connectivity index (χ2v) is 12.4. The van der Waals surface area contributed by atoms with Crippen molar-refractivity contribution in [3.05, 3.63) is 25.3 Å². The Bertz CT molecular complexity index is 914. The van der Waals surface area contributed by atoms with Gasteiger partial charge in [0, 0.05) is 38.3 Å². The molecule has 0 saturated carbocycles. The predicted molar refractivity (Wildman–Crippen MR) is 148 cm³/mol. The first-order valence-electron chi connectivity index (χ1n) is 14.4. The van der Waals surface area contributed by atoms with Crippen LogP contribution in [-0.4, -0.2) is 93.1 Å². The number of carbonyl (C=O) groups excluding carboxylic acids is 3. The van der Waals surface area contributed by atoms with Gasteiger partial charge in [0.2, 0.25) is 17.7 Å². The van der Waals surface area contributed by atoms with E-state index in [1.54, 1.807) is 26.9 Å². The van der Waals surface area contributed by atoms with Crippen molar-refractivity contribution in [3.63, 3.8) is 0 Å². The lowest BCUT2D eigenvalue weighted by Gasteiger charge is -2.42. The molecule has 3 heterocycles. The number of rotatable bonds is 14. The van der Waals surface area contributed by atoms with Gasteiger partial charge in [-0.2, -0.15) is 0 Å². The minimum atomic E-state index is -1.02. The molecule has 3 aliphatic rings. The number of unbranched alkanes of at least 4 members (excludes halogenated alkanes) is 3. The number of ether oxygens (including phenoxy) is 1. The predicted octanol–water partition coefficient (Wildman–Crippen LogP) is 3.54. The van der Waals surface area contributed by atoms with Gasteiger partial charge in [-0.15, -0.1) is 13.2 Å². The highest BCUT2D eigenvalue weighted by atomic mass is 16.5. The fourth-order valence-corrected chi connectivity index (χ4v) is 6.95. The summed E-state index contributed by atoms with van der Waals surface area (Å²) in [7, 11) is 0. The van der Waals surface area contributed by atoms with Crippen molar-refractivity contribution in [1.82, 2.24) is 14.7 Å². The number of hydrogen-bond donors (Lipinski definition) is 1. The van der Waals surface area contributed by atoms with E-state index in [1.807, 2.05) is 34.6 Å². The first kappa shape index (κ1) is 30.4. The average Bonchev–Trinajstić information content (AvgIpc) is 3.41. The summed E-state index contributed by atoms with van der Waals surface area (Å²) in [4.78, 5) is 47.9. The second-order valence-electron chi connectivity index (χ2n) is 12.4. The van der Waals surface area contributed by atoms with E-state index >= 15 is 0 Å². The minimum absolute atomic E-state index is 0.0797. The maximum Gasteiger partial charge on any atom is 0.249 e. The molecule has 3 amide bonds. The van der Waals surface area contributed by atoms with E-state index in [9.17, 15) is 14.4 Å². The minimum Gasteiger partial charge on any atom is -0.396 e. The van der Waals surface area contributed by atoms with Crippen molar-refractivity contribution in [1.29, 1.82) is 0 Å². The molecule has 8 heteroatoms. The standard InChI is InChI=1S/C30H49N3O5/c1-8-17-31(18-9-2)25(35)22-23-26(36)32(20-13-11-12-14-21-34)24(30(23)16-15-29(22,7)38-30)27(37)33(19-10-3)28(4,5)6/h8,10,22-24,34H,1,3,9,11-21H2,2,4-7H3/t22-,23-,24?,29+,30?/m0/s1. The Morgan fingerprint density at radius 1 is 1.11 bits per heavy atom. The summed E-state index contributed by atoms with van der Waals surface area (Å²) in [5.41, 5.74) is -2.29. The van der Waals surface area contributed by atoms with Crippen LogP contribution < -0.4 is 0 Å². The summed E-state index contributed by atoms with van der Waals surface area (Å²) in [5.74, 6) is -1.68. The molecule has 0 aromatic carbocycles. The quantitative estimate of drug-likeness (QED) is 0.274. The molecule has 3 fully saturated rings. The van der Waals surface area contributed by atoms with Crippen molar-refractivity contribution < 1.29 is 24.2 Å². The monoisotopic (exact) mass is 531 g/mol. The molecule has 1 spiro atoms. The van der Waals surface area contributed by atoms with Crippen molar-refractivity contribution in [2.75, 3.05) is 32.8 Å². The third-order valence-electron chi connectivity index (χ3n) is 8.63. The number of aliphatic hydroxyl groups excluding tert-OH is 1. The van der Waals surface area contributed by atoms with Gasteiger partial charge in [0.05, 0.1) is 17.4 Å². The molecule has 8 nitrogen and oxygen atoms in total. The summed E-state index contributed by atoms with van der Waals surface area (Å²) >= 11 is 0. The van der Waals surface area contributed by atoms with Gasteiger partial charge in [-0.3, -0.25) is 14.4 Å². The van der Waals surface area contributed by atoms with Crippen LogP contribution in [-0.2, 0) is 19.1 Å². The van der Waals surface area contributed by atoms with Crippen LogP contribution in [0.3, 0.4) is 0 Å². The van der Waals surface area contributed by atoms with Crippen molar-refractivity contribution in [2.45, 2.75) is 102 Å². The van der Waals surface area contributed by atoms with Crippen LogP contribution in [0, 0.1) is 11.8 Å². The Labute approximate surface area is 229 Å². The molecule has 2 unspecified atom stereocenters. The van der Waals surface area contributed by atoms with Crippen LogP contribution in [0.2, 0.25) is 0 Å². The molecule has 5 atom stereocenters. The van der Waals surface area contributed by atoms with Gasteiger partial charge in [-0.05, 0) is 59.8 Å². The number of carbonyl (C=O) groups is 3. The van der Waals surface area contributed by atoms with Gasteiger partial charge < -0.3 is 24.5 Å². The average molecular weight is 532 g/mol. The molecular weight excluding hydrogens is 482 g/mol. The molecule has 0 aliphatic carbocycles. The highest BCUT2D eigenvalue weighted by molar-refractivity contribution is 5.99. The Balaban J connectivity index is 2.04. The molecular formula is C30H49N3O5. The van der Waals surface area contributed by atoms with Gasteiger partial charge in [0.15, 0.2) is 0 Å². The SMILES string of the molecule is C=CCN(CCC)C(=O)[C@@H]1[C@H]2C(=O)N(CCCCCCO)C(C(=O)N(CC=C)C(C)(C)C)C23CC[C@@]1(C)O3. The zero-order chi connectivity index (χ0) is 28.3. The lowest BCUT2D eigenvalue weighted by atomic mass is 9.66. The van der Waals surface area contributed by atoms with Gasteiger partial charge in [-0.25, -0.2) is 0 Å². The summed E-state index contributed by atoms with van der Waals surface area (Å²) in [6.07, 6.45) is 8.59. The van der Waals surface area contributed by atoms with E-state index in [2.05, 4.69) is 13.2 Å². The first-order valence-corrected chi connectivity index (χ1v) is 14.4. The third-order valence-corrected chi connectivity index (χ3v) is 8.63. The Morgan fingerprint density at radius 2 is 1.76 bits per heavy atom. The van der Waals surface area contributed by atoms with E-state index in [4.69, 9.17) is 9.84 Å². The van der Waals surface area contributed by atoms with Crippen molar-refractivity contribution >= 4 is 17.7 Å². The summed E-state index contributed by atoms with van der Waals surface area (Å²) in [6, 6.07) is -0.782. The zero-order valence-electron chi connectivity index (χ0n) is 24.2. The van der Waals surface area contributed by atoms with Gasteiger partial charge in [0.1, 0.15) is 11.6 Å². The fourth-order valence-electron chi connectivity index (χ4n) is 6.95. The molecule has 3 aliphatic heterocycles. The van der Waals surface area contributed by atoms with Crippen LogP contribution in [0.15, 0.2) is 25.3 Å². The smallest absolute Gasteiger partial charge is 0.249 e. The Morgan fingerprint density at radius 3 is 2.34 bits per heavy atom. The maximum absolute atomic E-state index is 14.4. The van der Waals surface area contributed by atoms with Crippen LogP contribution in [0.1, 0.15) is 79.6 Å². The number of likely N-dealkylation sites (tertiary alicyclic amines) is 1. The summed E-state index contributed by atoms with van der Waals surface area (Å²) in [6.45, 7) is 19.5. The van der Waals surface area contributed by atoms with E-state index in [0.717, 1.165) is 25.7 Å². The molecule has 38 heavy (non-hydrogen) atoms. The van der Waals surface area contributed by atoms with Crippen molar-refractivity contribution in [3.8, 4) is 0 Å². The summed E-state index contributed by atoms with van der Waals surface area (Å²) in [5, 5.41) is 9.15. The topological polar surface area (TPSA) is 90.4 Å². The van der Waals surface area contributed by atoms with Crippen LogP contribution in [0.25, 0.3) is 0 Å². The molecule has 3 rings (SSSR count). The molecule has 0 radical (unpaired) electrons. The third kappa shape index (κ3) is 5.31. The van der Waals surface area contributed by atoms with Gasteiger partial charge in [-0.1, -0.05) is 31.9 Å². The molecule has 214 valence electrons. The number of hydrogen-bond acceptors (Lipinski definition) is 5. The molecule has 2 bridgehead atoms. The largest absolute Gasteiger partial charge is 0.396 e. The normalized spacial score (nSPS) is 29.9. The lowest BCUT2D eigenvalue weighted by Crippen LogP contribution is -2.60. The zero-order valence-corrected chi connectivity index (χ0v) is 24.2. The molecule has 3 saturated heterocycles. The highest BCUT2D eigenvalue weighted by Crippen LogP contribution is 2.63. The number of fused-ring (bicyclic) bond motifs is 1. The van der Waals surface area contributed by atoms with E-state index in [0.29, 0.717) is 45.4 Å². The lowest BCUT2D eigenvalue weighted by molar-refractivity contribution is -0.156. The Hall–Kier alpha value is -2.19. The van der Waals surface area contributed by atoms with Crippen LogP contribution >= 0.6 is 0 Å². The van der Waals surface area contributed by atoms with Crippen LogP contribution in [0.4, 0.5) is 0 Å². The van der Waals surface area contributed by atoms with Gasteiger partial charge >= 0.3 is 0 Å². The second kappa shape index (κ2) is 11.9. The number of nitrogens with zero attached hydrogens (tertiary/aromatic N) is 3. The van der Waals surface area contributed by atoms with E-state index in [-0.39, 0.29) is 24.3 Å². The van der Waals surface area contributed by atoms with E-state index < -0.39 is 34.6 Å².